The Morgan fingerprint density at radius 1 is 1.05 bits per heavy atom. The Labute approximate surface area is 256 Å². The first-order valence-corrected chi connectivity index (χ1v) is 15.4. The van der Waals surface area contributed by atoms with Crippen LogP contribution in [0.2, 0.25) is 5.02 Å². The summed E-state index contributed by atoms with van der Waals surface area (Å²) in [6.45, 7) is 6.53. The van der Waals surface area contributed by atoms with Crippen molar-refractivity contribution >= 4 is 44.8 Å². The maximum atomic E-state index is 14.2. The highest BCUT2D eigenvalue weighted by molar-refractivity contribution is 7.92. The summed E-state index contributed by atoms with van der Waals surface area (Å²) in [5.41, 5.74) is 1.49. The number of hydrogen-bond acceptors (Lipinski definition) is 7. The molecule has 0 aromatic heterocycles. The van der Waals surface area contributed by atoms with E-state index in [9.17, 15) is 28.1 Å². The molecular formula is C30H35ClN4O7S. The third-order valence-corrected chi connectivity index (χ3v) is 8.98. The van der Waals surface area contributed by atoms with Gasteiger partial charge in [-0.3, -0.25) is 24.0 Å². The highest BCUT2D eigenvalue weighted by Crippen LogP contribution is 2.36. The van der Waals surface area contributed by atoms with Crippen LogP contribution in [0.1, 0.15) is 37.0 Å². The first-order valence-electron chi connectivity index (χ1n) is 13.6. The number of methoxy groups -OCH3 is 1. The van der Waals surface area contributed by atoms with E-state index < -0.39 is 44.0 Å². The molecule has 13 heteroatoms. The van der Waals surface area contributed by atoms with Crippen molar-refractivity contribution in [1.29, 1.82) is 0 Å². The molecular weight excluding hydrogens is 596 g/mol. The molecule has 0 saturated heterocycles. The van der Waals surface area contributed by atoms with Crippen LogP contribution in [0.15, 0.2) is 65.6 Å². The Bertz CT molecular complexity index is 1610. The number of rotatable bonds is 13. The molecule has 0 bridgehead atoms. The molecule has 3 aromatic carbocycles. The van der Waals surface area contributed by atoms with E-state index in [-0.39, 0.29) is 40.9 Å². The van der Waals surface area contributed by atoms with E-state index in [1.54, 1.807) is 13.8 Å². The summed E-state index contributed by atoms with van der Waals surface area (Å²) in [6.07, 6.45) is 0.265. The highest BCUT2D eigenvalue weighted by Gasteiger charge is 2.35. The van der Waals surface area contributed by atoms with Crippen LogP contribution in [0, 0.1) is 24.0 Å². The molecule has 0 saturated carbocycles. The maximum Gasteiger partial charge on any atom is 0.273 e. The Hall–Kier alpha value is -4.16. The highest BCUT2D eigenvalue weighted by atomic mass is 35.5. The van der Waals surface area contributed by atoms with Crippen LogP contribution in [0.4, 0.5) is 11.4 Å². The fourth-order valence-corrected chi connectivity index (χ4v) is 6.23. The normalized spacial score (nSPS) is 11.9. The van der Waals surface area contributed by atoms with Crippen molar-refractivity contribution in [2.24, 2.45) is 0 Å². The molecule has 1 N–H and O–H groups in total. The monoisotopic (exact) mass is 630 g/mol. The average Bonchev–Trinajstić information content (AvgIpc) is 2.96. The smallest absolute Gasteiger partial charge is 0.273 e. The van der Waals surface area contributed by atoms with E-state index in [2.05, 4.69) is 5.32 Å². The number of halogens is 1. The second-order valence-electron chi connectivity index (χ2n) is 9.80. The number of benzene rings is 3. The predicted molar refractivity (Wildman–Crippen MR) is 165 cm³/mol. The van der Waals surface area contributed by atoms with Crippen LogP contribution in [0.3, 0.4) is 0 Å². The molecule has 0 fully saturated rings. The Kier molecular flexibility index (Phi) is 11.1. The molecule has 0 radical (unpaired) electrons. The quantitative estimate of drug-likeness (QED) is 0.207. The van der Waals surface area contributed by atoms with Gasteiger partial charge in [0.15, 0.2) is 0 Å². The number of carbonyl (C=O) groups is 2. The van der Waals surface area contributed by atoms with Gasteiger partial charge in [0.2, 0.25) is 11.8 Å². The predicted octanol–water partition coefficient (Wildman–Crippen LogP) is 5.01. The molecule has 0 aliphatic heterocycles. The van der Waals surface area contributed by atoms with E-state index in [0.29, 0.717) is 6.54 Å². The minimum atomic E-state index is -4.61. The lowest BCUT2D eigenvalue weighted by atomic mass is 10.1. The van der Waals surface area contributed by atoms with Crippen LogP contribution in [-0.4, -0.2) is 56.3 Å². The minimum absolute atomic E-state index is 0.0394. The van der Waals surface area contributed by atoms with Crippen LogP contribution in [0.25, 0.3) is 0 Å². The fourth-order valence-electron chi connectivity index (χ4n) is 4.63. The number of nitrogens with one attached hydrogen (secondary N) is 1. The number of nitro benzene ring substituents is 1. The summed E-state index contributed by atoms with van der Waals surface area (Å²) in [7, 11) is -3.27. The molecule has 43 heavy (non-hydrogen) atoms. The number of anilines is 1. The molecule has 230 valence electrons. The van der Waals surface area contributed by atoms with E-state index in [1.165, 1.54) is 49.3 Å². The molecule has 0 spiro atoms. The van der Waals surface area contributed by atoms with Crippen molar-refractivity contribution in [3.8, 4) is 5.75 Å². The molecule has 0 heterocycles. The van der Waals surface area contributed by atoms with Gasteiger partial charge in [-0.05, 0) is 62.6 Å². The first kappa shape index (κ1) is 33.3. The Morgan fingerprint density at radius 2 is 1.74 bits per heavy atom. The molecule has 2 amide bonds. The lowest BCUT2D eigenvalue weighted by Gasteiger charge is -2.33. The first-order chi connectivity index (χ1) is 20.3. The number of ether oxygens (including phenoxy) is 1. The van der Waals surface area contributed by atoms with E-state index >= 15 is 0 Å². The molecule has 0 aliphatic carbocycles. The Balaban J connectivity index is 2.20. The lowest BCUT2D eigenvalue weighted by Crippen LogP contribution is -2.52. The van der Waals surface area contributed by atoms with Gasteiger partial charge in [-0.2, -0.15) is 0 Å². The van der Waals surface area contributed by atoms with E-state index in [4.69, 9.17) is 16.3 Å². The summed E-state index contributed by atoms with van der Waals surface area (Å²) >= 11 is 6.26. The largest absolute Gasteiger partial charge is 0.495 e. The Morgan fingerprint density at radius 3 is 2.35 bits per heavy atom. The summed E-state index contributed by atoms with van der Waals surface area (Å²) in [4.78, 5) is 39.2. The van der Waals surface area contributed by atoms with Crippen molar-refractivity contribution in [2.75, 3.05) is 24.5 Å². The molecule has 11 nitrogen and oxygen atoms in total. The fraction of sp³-hybridized carbons (Fsp3) is 0.333. The van der Waals surface area contributed by atoms with Gasteiger partial charge in [-0.15, -0.1) is 0 Å². The zero-order chi connectivity index (χ0) is 31.9. The standard InChI is InChI=1S/C30H35ClN4O7S/c1-6-25(30(37)32-7-2)33(18-22-11-9-8-10-20(22)3)29(36)19-34(27-16-23(31)13-15-28(27)42-5)43(40,41)24-14-12-21(4)26(17-24)35(38)39/h8-17,25H,6-7,18-19H2,1-5H3,(H,32,37)/t25-/m1/s1. The molecule has 0 unspecified atom stereocenters. The second-order valence-corrected chi connectivity index (χ2v) is 12.1. The topological polar surface area (TPSA) is 139 Å². The lowest BCUT2D eigenvalue weighted by molar-refractivity contribution is -0.385. The molecule has 3 aromatic rings. The number of nitro groups is 1. The molecule has 1 atom stereocenters. The summed E-state index contributed by atoms with van der Waals surface area (Å²) in [5, 5.41) is 14.6. The van der Waals surface area contributed by atoms with Crippen LogP contribution in [-0.2, 0) is 26.2 Å². The van der Waals surface area contributed by atoms with Gasteiger partial charge in [0.05, 0.1) is 22.6 Å². The van der Waals surface area contributed by atoms with Gasteiger partial charge < -0.3 is 15.0 Å². The van der Waals surface area contributed by atoms with Crippen LogP contribution < -0.4 is 14.4 Å². The second kappa shape index (κ2) is 14.3. The number of nitrogens with zero attached hydrogens (tertiary/aromatic N) is 3. The number of sulfonamides is 1. The number of hydrogen-bond donors (Lipinski definition) is 1. The summed E-state index contributed by atoms with van der Waals surface area (Å²) in [5.74, 6) is -0.951. The van der Waals surface area contributed by atoms with Crippen LogP contribution in [0.5, 0.6) is 5.75 Å². The van der Waals surface area contributed by atoms with E-state index in [1.807, 2.05) is 31.2 Å². The maximum absolute atomic E-state index is 14.2. The van der Waals surface area contributed by atoms with Gasteiger partial charge in [0, 0.05) is 29.7 Å². The molecule has 0 aliphatic rings. The van der Waals surface area contributed by atoms with Crippen molar-refractivity contribution in [1.82, 2.24) is 10.2 Å². The summed E-state index contributed by atoms with van der Waals surface area (Å²) in [6, 6.07) is 14.3. The molecule has 3 rings (SSSR count). The van der Waals surface area contributed by atoms with Crippen molar-refractivity contribution in [3.05, 3.63) is 92.5 Å². The van der Waals surface area contributed by atoms with Crippen molar-refractivity contribution in [3.63, 3.8) is 0 Å². The third-order valence-electron chi connectivity index (χ3n) is 6.99. The van der Waals surface area contributed by atoms with Gasteiger partial charge >= 0.3 is 0 Å². The van der Waals surface area contributed by atoms with Crippen LogP contribution >= 0.6 is 11.6 Å². The van der Waals surface area contributed by atoms with Crippen molar-refractivity contribution < 1.29 is 27.7 Å². The summed E-state index contributed by atoms with van der Waals surface area (Å²) < 4.78 is 34.6. The third kappa shape index (κ3) is 7.63. The number of aryl methyl sites for hydroxylation is 2. The van der Waals surface area contributed by atoms with Gasteiger partial charge in [0.25, 0.3) is 15.7 Å². The number of amides is 2. The minimum Gasteiger partial charge on any atom is -0.495 e. The number of carbonyl (C=O) groups excluding carboxylic acids is 2. The number of likely N-dealkylation sites (N-methyl/N-ethyl adjacent to an activating group) is 1. The zero-order valence-corrected chi connectivity index (χ0v) is 26.2. The average molecular weight is 631 g/mol. The van der Waals surface area contributed by atoms with Gasteiger partial charge in [0.1, 0.15) is 18.3 Å². The van der Waals surface area contributed by atoms with Gasteiger partial charge in [-0.1, -0.05) is 48.9 Å². The zero-order valence-electron chi connectivity index (χ0n) is 24.7. The SMILES string of the molecule is CCNC(=O)[C@@H](CC)N(Cc1ccccc1C)C(=O)CN(c1cc(Cl)ccc1OC)S(=O)(=O)c1ccc(C)c([N+](=O)[O-])c1. The van der Waals surface area contributed by atoms with E-state index in [0.717, 1.165) is 21.5 Å². The van der Waals surface area contributed by atoms with Gasteiger partial charge in [-0.25, -0.2) is 8.42 Å². The van der Waals surface area contributed by atoms with Crippen molar-refractivity contribution in [2.45, 2.75) is 51.6 Å².